The second-order valence-electron chi connectivity index (χ2n) is 19.2. The molecule has 3 N–H and O–H groups in total. The number of carbonyl (C=O) groups is 1. The van der Waals surface area contributed by atoms with Gasteiger partial charge < -0.3 is 19.8 Å². The quantitative estimate of drug-likeness (QED) is 0.0243. The lowest BCUT2D eigenvalue weighted by molar-refractivity contribution is -0.870. The number of amides is 1. The summed E-state index contributed by atoms with van der Waals surface area (Å²) in [5.74, 6) is -0.180. The molecule has 0 radical (unpaired) electrons. The molecule has 0 saturated heterocycles. The van der Waals surface area contributed by atoms with Gasteiger partial charge in [-0.05, 0) is 57.8 Å². The first-order valence-corrected chi connectivity index (χ1v) is 28.2. The third-order valence-electron chi connectivity index (χ3n) is 11.7. The predicted octanol–water partition coefficient (Wildman–Crippen LogP) is 15.8. The Balaban J connectivity index is 4.25. The highest BCUT2D eigenvalue weighted by Gasteiger charge is 2.27. The van der Waals surface area contributed by atoms with Gasteiger partial charge in [0.15, 0.2) is 0 Å². The highest BCUT2D eigenvalue weighted by molar-refractivity contribution is 7.47. The Labute approximate surface area is 396 Å². The molecule has 0 fully saturated rings. The van der Waals surface area contributed by atoms with Gasteiger partial charge in [0.25, 0.3) is 0 Å². The lowest BCUT2D eigenvalue weighted by Crippen LogP contribution is -2.45. The summed E-state index contributed by atoms with van der Waals surface area (Å²) in [6, 6.07) is -0.849. The minimum Gasteiger partial charge on any atom is -0.387 e. The van der Waals surface area contributed by atoms with Gasteiger partial charge in [-0.1, -0.05) is 229 Å². The number of aliphatic hydroxyl groups excluding tert-OH is 1. The summed E-state index contributed by atoms with van der Waals surface area (Å²) in [4.78, 5) is 23.3. The number of carbonyl (C=O) groups excluding carboxylic acids is 1. The molecule has 0 aliphatic rings. The molecule has 0 rings (SSSR count). The number of allylic oxidation sites excluding steroid dienone is 9. The second kappa shape index (κ2) is 46.3. The van der Waals surface area contributed by atoms with Gasteiger partial charge in [-0.25, -0.2) is 4.57 Å². The summed E-state index contributed by atoms with van der Waals surface area (Å²) < 4.78 is 23.7. The molecule has 0 aliphatic carbocycles. The maximum absolute atomic E-state index is 13.0. The topological polar surface area (TPSA) is 105 Å². The molecule has 0 aromatic carbocycles. The number of hydrogen-bond acceptors (Lipinski definition) is 5. The van der Waals surface area contributed by atoms with E-state index in [0.717, 1.165) is 64.2 Å². The summed E-state index contributed by atoms with van der Waals surface area (Å²) in [6.45, 7) is 4.71. The average molecular weight is 920 g/mol. The molecule has 1 amide bonds. The molecule has 0 aromatic heterocycles. The van der Waals surface area contributed by atoms with Crippen molar-refractivity contribution in [3.8, 4) is 0 Å². The first kappa shape index (κ1) is 62.2. The van der Waals surface area contributed by atoms with E-state index in [1.807, 2.05) is 27.2 Å². The van der Waals surface area contributed by atoms with Crippen molar-refractivity contribution in [2.24, 2.45) is 0 Å². The Morgan fingerprint density at radius 1 is 0.547 bits per heavy atom. The zero-order valence-electron chi connectivity index (χ0n) is 42.5. The van der Waals surface area contributed by atoms with Crippen molar-refractivity contribution in [3.63, 3.8) is 0 Å². The van der Waals surface area contributed by atoms with Crippen molar-refractivity contribution < 1.29 is 32.9 Å². The molecule has 9 heteroatoms. The van der Waals surface area contributed by atoms with Gasteiger partial charge in [-0.15, -0.1) is 0 Å². The highest BCUT2D eigenvalue weighted by atomic mass is 31.2. The van der Waals surface area contributed by atoms with Crippen LogP contribution < -0.4 is 5.32 Å². The third kappa shape index (κ3) is 48.1. The fourth-order valence-corrected chi connectivity index (χ4v) is 8.30. The van der Waals surface area contributed by atoms with E-state index in [2.05, 4.69) is 67.8 Å². The maximum Gasteiger partial charge on any atom is 0.472 e. The van der Waals surface area contributed by atoms with Crippen LogP contribution in [0, 0.1) is 0 Å². The molecule has 3 unspecified atom stereocenters. The number of nitrogens with zero attached hydrogens (tertiary/aromatic N) is 1. The monoisotopic (exact) mass is 920 g/mol. The largest absolute Gasteiger partial charge is 0.472 e. The van der Waals surface area contributed by atoms with Crippen LogP contribution in [0.15, 0.2) is 60.8 Å². The van der Waals surface area contributed by atoms with Gasteiger partial charge in [0.05, 0.1) is 39.9 Å². The molecule has 0 bridgehead atoms. The van der Waals surface area contributed by atoms with E-state index in [9.17, 15) is 19.4 Å². The number of unbranched alkanes of at least 4 members (excludes halogenated alkanes) is 27. The van der Waals surface area contributed by atoms with Gasteiger partial charge >= 0.3 is 7.82 Å². The number of phosphoric ester groups is 1. The summed E-state index contributed by atoms with van der Waals surface area (Å²) in [5, 5.41) is 13.9. The Hall–Kier alpha value is -1.80. The molecular formula is C55H104N2O6P+. The van der Waals surface area contributed by atoms with Crippen molar-refractivity contribution in [1.82, 2.24) is 5.32 Å². The minimum absolute atomic E-state index is 0.0597. The van der Waals surface area contributed by atoms with Gasteiger partial charge in [0, 0.05) is 6.42 Å². The molecule has 0 aliphatic heterocycles. The van der Waals surface area contributed by atoms with E-state index in [1.165, 1.54) is 148 Å². The van der Waals surface area contributed by atoms with Crippen LogP contribution in [-0.2, 0) is 18.4 Å². The molecule has 0 spiro atoms. The van der Waals surface area contributed by atoms with Crippen LogP contribution >= 0.6 is 7.82 Å². The van der Waals surface area contributed by atoms with E-state index >= 15 is 0 Å². The molecule has 0 heterocycles. The van der Waals surface area contributed by atoms with Crippen LogP contribution in [0.3, 0.4) is 0 Å². The Bertz CT molecular complexity index is 1230. The standard InChI is InChI=1S/C55H103N2O6P/c1-6-8-10-12-14-16-18-20-22-24-25-26-27-28-29-30-31-33-35-37-39-41-43-45-47-49-55(59)56-53(52-63-64(60,61)62-51-50-57(3,4)5)54(58)48-46-44-42-40-38-36-34-32-23-21-19-17-15-13-11-9-7-2/h8,10,14,16,20,22,25-26,46,48,53-54,58H,6-7,9,11-13,15,17-19,21,23-24,27-45,47,49-52H2,1-5H3,(H-,56,59,60,61)/p+1/b10-8-,16-14-,22-20-,26-25-,48-46+. The Morgan fingerprint density at radius 3 is 1.38 bits per heavy atom. The van der Waals surface area contributed by atoms with Crippen LogP contribution in [-0.4, -0.2) is 73.4 Å². The molecule has 64 heavy (non-hydrogen) atoms. The number of likely N-dealkylation sites (N-methyl/N-ethyl adjacent to an activating group) is 1. The third-order valence-corrected chi connectivity index (χ3v) is 12.7. The number of phosphoric acid groups is 1. The molecule has 3 atom stereocenters. The molecule has 0 saturated carbocycles. The van der Waals surface area contributed by atoms with Gasteiger partial charge in [-0.2, -0.15) is 0 Å². The van der Waals surface area contributed by atoms with E-state index in [-0.39, 0.29) is 19.1 Å². The van der Waals surface area contributed by atoms with Crippen molar-refractivity contribution in [2.45, 2.75) is 244 Å². The van der Waals surface area contributed by atoms with Crippen molar-refractivity contribution in [1.29, 1.82) is 0 Å². The summed E-state index contributed by atoms with van der Waals surface area (Å²) in [6.07, 6.45) is 61.6. The molecular weight excluding hydrogens is 816 g/mol. The van der Waals surface area contributed by atoms with Crippen molar-refractivity contribution >= 4 is 13.7 Å². The van der Waals surface area contributed by atoms with Crippen LogP contribution in [0.25, 0.3) is 0 Å². The summed E-state index contributed by atoms with van der Waals surface area (Å²) in [7, 11) is 1.57. The van der Waals surface area contributed by atoms with E-state index in [0.29, 0.717) is 17.4 Å². The number of aliphatic hydroxyl groups is 1. The van der Waals surface area contributed by atoms with Crippen LogP contribution in [0.1, 0.15) is 232 Å². The smallest absolute Gasteiger partial charge is 0.387 e. The van der Waals surface area contributed by atoms with E-state index in [4.69, 9.17) is 9.05 Å². The minimum atomic E-state index is -4.35. The van der Waals surface area contributed by atoms with Crippen LogP contribution in [0.4, 0.5) is 0 Å². The number of quaternary nitrogens is 1. The Kier molecular flexibility index (Phi) is 45.0. The van der Waals surface area contributed by atoms with E-state index < -0.39 is 20.0 Å². The normalized spacial score (nSPS) is 14.5. The summed E-state index contributed by atoms with van der Waals surface area (Å²) in [5.41, 5.74) is 0. The highest BCUT2D eigenvalue weighted by Crippen LogP contribution is 2.43. The second-order valence-corrected chi connectivity index (χ2v) is 20.7. The number of rotatable bonds is 48. The Morgan fingerprint density at radius 2 is 0.938 bits per heavy atom. The first-order valence-electron chi connectivity index (χ1n) is 26.7. The zero-order chi connectivity index (χ0) is 47.1. The van der Waals surface area contributed by atoms with Gasteiger partial charge in [0.1, 0.15) is 13.2 Å². The van der Waals surface area contributed by atoms with Gasteiger partial charge in [0.2, 0.25) is 5.91 Å². The molecule has 0 aromatic rings. The lowest BCUT2D eigenvalue weighted by atomic mass is 10.0. The zero-order valence-corrected chi connectivity index (χ0v) is 43.4. The molecule has 8 nitrogen and oxygen atoms in total. The van der Waals surface area contributed by atoms with Crippen LogP contribution in [0.5, 0.6) is 0 Å². The molecule has 374 valence electrons. The van der Waals surface area contributed by atoms with Crippen molar-refractivity contribution in [3.05, 3.63) is 60.8 Å². The predicted molar refractivity (Wildman–Crippen MR) is 277 cm³/mol. The summed E-state index contributed by atoms with van der Waals surface area (Å²) >= 11 is 0. The van der Waals surface area contributed by atoms with E-state index in [1.54, 1.807) is 6.08 Å². The fourth-order valence-electron chi connectivity index (χ4n) is 7.56. The van der Waals surface area contributed by atoms with Crippen LogP contribution in [0.2, 0.25) is 0 Å². The number of hydrogen-bond donors (Lipinski definition) is 3. The number of nitrogens with one attached hydrogen (secondary N) is 1. The SMILES string of the molecule is CC/C=C\C/C=C\C/C=C\C/C=C\CCCCCCCCCCCCCCC(=O)NC(COP(=O)(O)OCC[N+](C)(C)C)C(O)/C=C/CCCCCCCCCCCCCCCCC. The van der Waals surface area contributed by atoms with Crippen molar-refractivity contribution in [2.75, 3.05) is 40.9 Å². The fraction of sp³-hybridized carbons (Fsp3) is 0.800. The van der Waals surface area contributed by atoms with Gasteiger partial charge in [-0.3, -0.25) is 13.8 Å². The maximum atomic E-state index is 13.0. The average Bonchev–Trinajstić information content (AvgIpc) is 3.25. The first-order chi connectivity index (χ1) is 31.0. The lowest BCUT2D eigenvalue weighted by Gasteiger charge is -2.25.